The van der Waals surface area contributed by atoms with Crippen molar-refractivity contribution in [2.45, 2.75) is 83.6 Å². The van der Waals surface area contributed by atoms with Gasteiger partial charge in [0.15, 0.2) is 0 Å². The van der Waals surface area contributed by atoms with Crippen LogP contribution in [-0.4, -0.2) is 59.5 Å². The Hall–Kier alpha value is -2.71. The average molecular weight is 591 g/mol. The number of esters is 1. The van der Waals surface area contributed by atoms with Gasteiger partial charge in [-0.05, 0) is 54.8 Å². The summed E-state index contributed by atoms with van der Waals surface area (Å²) in [5, 5.41) is 2.24. The Morgan fingerprint density at radius 3 is 1.88 bits per heavy atom. The molecular weight excluding hydrogens is 543 g/mol. The van der Waals surface area contributed by atoms with Gasteiger partial charge in [-0.3, -0.25) is 0 Å². The lowest BCUT2D eigenvalue weighted by molar-refractivity contribution is -0.136. The molecule has 0 N–H and O–H groups in total. The highest BCUT2D eigenvalue weighted by molar-refractivity contribution is 6.99. The van der Waals surface area contributed by atoms with Crippen LogP contribution in [0.25, 0.3) is 0 Å². The summed E-state index contributed by atoms with van der Waals surface area (Å²) >= 11 is 0. The van der Waals surface area contributed by atoms with Gasteiger partial charge in [0.25, 0.3) is 8.32 Å². The minimum Gasteiger partial charge on any atom is -0.466 e. The first kappa shape index (κ1) is 33.8. The third kappa shape index (κ3) is 7.43. The lowest BCUT2D eigenvalue weighted by atomic mass is 9.79. The third-order valence-electron chi connectivity index (χ3n) is 8.40. The van der Waals surface area contributed by atoms with E-state index in [4.69, 9.17) is 23.2 Å². The molecule has 0 bridgehead atoms. The van der Waals surface area contributed by atoms with Gasteiger partial charge in [-0.1, -0.05) is 88.0 Å². The summed E-state index contributed by atoms with van der Waals surface area (Å²) in [6.45, 7) is 19.0. The molecule has 1 fully saturated rings. The van der Waals surface area contributed by atoms with Gasteiger partial charge in [-0.2, -0.15) is 0 Å². The molecule has 0 saturated carbocycles. The predicted octanol–water partition coefficient (Wildman–Crippen LogP) is 5.87. The van der Waals surface area contributed by atoms with E-state index in [0.717, 1.165) is 5.57 Å². The molecule has 6 nitrogen and oxygen atoms in total. The highest BCUT2D eigenvalue weighted by Gasteiger charge is 2.52. The molecular formula is C34H47BO6Si. The Balaban J connectivity index is 1.88. The molecule has 2 aromatic rings. The number of hydrogen-bond acceptors (Lipinski definition) is 6. The number of rotatable bonds is 12. The first-order chi connectivity index (χ1) is 19.7. The van der Waals surface area contributed by atoms with Crippen LogP contribution < -0.4 is 10.4 Å². The lowest BCUT2D eigenvalue weighted by Gasteiger charge is -2.43. The monoisotopic (exact) mass is 590 g/mol. The molecule has 1 heterocycles. The molecule has 1 unspecified atom stereocenters. The number of ether oxygens (including phenoxy) is 2. The lowest BCUT2D eigenvalue weighted by Crippen LogP contribution is -2.66. The van der Waals surface area contributed by atoms with Crippen molar-refractivity contribution < 1.29 is 28.0 Å². The molecule has 0 aromatic heterocycles. The van der Waals surface area contributed by atoms with Gasteiger partial charge >= 0.3 is 13.1 Å². The largest absolute Gasteiger partial charge is 0.466 e. The fourth-order valence-electron chi connectivity index (χ4n) is 5.40. The van der Waals surface area contributed by atoms with Gasteiger partial charge in [0, 0.05) is 25.4 Å². The summed E-state index contributed by atoms with van der Waals surface area (Å²) in [5.41, 5.74) is 3.37. The third-order valence-corrected chi connectivity index (χ3v) is 13.4. The van der Waals surface area contributed by atoms with Crippen molar-refractivity contribution in [1.29, 1.82) is 0 Å². The second-order valence-corrected chi connectivity index (χ2v) is 17.1. The van der Waals surface area contributed by atoms with E-state index >= 15 is 0 Å². The molecule has 1 saturated heterocycles. The molecule has 2 aromatic carbocycles. The van der Waals surface area contributed by atoms with E-state index in [1.165, 1.54) is 17.5 Å². The number of hydrogen-bond donors (Lipinski definition) is 0. The van der Waals surface area contributed by atoms with E-state index in [-0.39, 0.29) is 11.4 Å². The minimum absolute atomic E-state index is 0.163. The summed E-state index contributed by atoms with van der Waals surface area (Å²) in [4.78, 5) is 12.8. The van der Waals surface area contributed by atoms with Gasteiger partial charge in [0.1, 0.15) is 0 Å². The molecule has 0 radical (unpaired) electrons. The second kappa shape index (κ2) is 13.7. The first-order valence-electron chi connectivity index (χ1n) is 14.5. The van der Waals surface area contributed by atoms with E-state index in [9.17, 15) is 4.79 Å². The van der Waals surface area contributed by atoms with Crippen LogP contribution in [0.5, 0.6) is 0 Å². The van der Waals surface area contributed by atoms with Crippen molar-refractivity contribution in [2.24, 2.45) is 0 Å². The zero-order valence-corrected chi connectivity index (χ0v) is 27.8. The molecule has 1 atom stereocenters. The van der Waals surface area contributed by atoms with E-state index < -0.39 is 38.7 Å². The number of methoxy groups -OCH3 is 2. The number of carbonyl (C=O) groups is 1. The van der Waals surface area contributed by atoms with Gasteiger partial charge in [0.2, 0.25) is 0 Å². The summed E-state index contributed by atoms with van der Waals surface area (Å²) < 4.78 is 30.3. The molecule has 42 heavy (non-hydrogen) atoms. The van der Waals surface area contributed by atoms with Crippen LogP contribution in [0, 0.1) is 0 Å². The maximum absolute atomic E-state index is 12.8. The van der Waals surface area contributed by atoms with Gasteiger partial charge in [-0.25, -0.2) is 4.79 Å². The van der Waals surface area contributed by atoms with E-state index in [0.29, 0.717) is 18.6 Å². The van der Waals surface area contributed by atoms with Gasteiger partial charge < -0.3 is 23.2 Å². The van der Waals surface area contributed by atoms with Crippen LogP contribution in [0.2, 0.25) is 11.4 Å². The molecule has 0 spiro atoms. The Bertz CT molecular complexity index is 1220. The van der Waals surface area contributed by atoms with Crippen molar-refractivity contribution in [3.05, 3.63) is 90.2 Å². The van der Waals surface area contributed by atoms with Crippen molar-refractivity contribution in [1.82, 2.24) is 0 Å². The standard InChI is InChI=1S/C34H47BO6Si/c1-11-26(22-28(37-9)23-27(31(36)38-10)24-35-40-33(5,6)34(7,8)41-35)25-39-42(32(2,3)4,29-18-14-12-15-19-29)30-20-16-13-17-21-30/h12-21,23,28H,1,22,24-25H2,2-10H3/b27-23-. The highest BCUT2D eigenvalue weighted by atomic mass is 28.4. The SMILES string of the molecule is C=C=C(CO[Si](c1ccccc1)(c1ccccc1)C(C)(C)C)CC(/C=C(/CB1OC(C)(C)C(C)(C)O1)C(=O)OC)OC. The first-order valence-corrected chi connectivity index (χ1v) is 16.4. The smallest absolute Gasteiger partial charge is 0.462 e. The Morgan fingerprint density at radius 2 is 1.48 bits per heavy atom. The molecule has 226 valence electrons. The van der Waals surface area contributed by atoms with E-state index in [1.807, 2.05) is 39.8 Å². The average Bonchev–Trinajstić information content (AvgIpc) is 3.16. The van der Waals surface area contributed by atoms with E-state index in [1.54, 1.807) is 13.2 Å². The van der Waals surface area contributed by atoms with Gasteiger partial charge in [0.05, 0.1) is 31.0 Å². The fraction of sp³-hybridized carbons (Fsp3) is 0.471. The van der Waals surface area contributed by atoms with Crippen LogP contribution in [-0.2, 0) is 28.0 Å². The summed E-state index contributed by atoms with van der Waals surface area (Å²) in [6, 6.07) is 21.0. The minimum atomic E-state index is -2.75. The zero-order valence-electron chi connectivity index (χ0n) is 26.8. The predicted molar refractivity (Wildman–Crippen MR) is 173 cm³/mol. The normalized spacial score (nSPS) is 17.5. The highest BCUT2D eigenvalue weighted by Crippen LogP contribution is 2.39. The maximum atomic E-state index is 12.8. The van der Waals surface area contributed by atoms with Crippen LogP contribution in [0.4, 0.5) is 0 Å². The summed E-state index contributed by atoms with van der Waals surface area (Å²) in [7, 11) is -0.338. The Labute approximate surface area is 254 Å². The van der Waals surface area contributed by atoms with E-state index in [2.05, 4.69) is 81.6 Å². The van der Waals surface area contributed by atoms with Crippen LogP contribution in [0.3, 0.4) is 0 Å². The Kier molecular flexibility index (Phi) is 11.0. The van der Waals surface area contributed by atoms with Crippen molar-refractivity contribution in [3.63, 3.8) is 0 Å². The topological polar surface area (TPSA) is 63.2 Å². The number of benzene rings is 2. The molecule has 1 aliphatic heterocycles. The van der Waals surface area contributed by atoms with Crippen molar-refractivity contribution in [3.8, 4) is 0 Å². The molecule has 1 aliphatic rings. The quantitative estimate of drug-likeness (QED) is 0.133. The molecule has 0 amide bonds. The maximum Gasteiger partial charge on any atom is 0.462 e. The van der Waals surface area contributed by atoms with Crippen LogP contribution in [0.1, 0.15) is 54.9 Å². The van der Waals surface area contributed by atoms with Gasteiger partial charge in [-0.15, -0.1) is 5.73 Å². The zero-order chi connectivity index (χ0) is 31.2. The Morgan fingerprint density at radius 1 is 0.976 bits per heavy atom. The second-order valence-electron chi connectivity index (χ2n) is 12.8. The molecule has 0 aliphatic carbocycles. The van der Waals surface area contributed by atoms with Crippen LogP contribution >= 0.6 is 0 Å². The van der Waals surface area contributed by atoms with Crippen molar-refractivity contribution in [2.75, 3.05) is 20.8 Å². The fourth-order valence-corrected chi connectivity index (χ4v) is 9.94. The molecule has 3 rings (SSSR count). The summed E-state index contributed by atoms with van der Waals surface area (Å²) in [6.07, 6.45) is 2.04. The summed E-state index contributed by atoms with van der Waals surface area (Å²) in [5.74, 6) is -0.445. The van der Waals surface area contributed by atoms with Crippen molar-refractivity contribution >= 4 is 31.8 Å². The van der Waals surface area contributed by atoms with Crippen LogP contribution in [0.15, 0.2) is 90.2 Å². The number of carbonyl (C=O) groups excluding carboxylic acids is 1. The molecule has 8 heteroatoms.